The Kier molecular flexibility index (Phi) is 12.0. The summed E-state index contributed by atoms with van der Waals surface area (Å²) in [7, 11) is 1.65. The van der Waals surface area contributed by atoms with Crippen LogP contribution in [0, 0.1) is 6.92 Å². The van der Waals surface area contributed by atoms with Crippen molar-refractivity contribution in [3.05, 3.63) is 53.6 Å². The number of nitrogens with zero attached hydrogens (tertiary/aromatic N) is 3. The highest BCUT2D eigenvalue weighted by atomic mass is 127. The summed E-state index contributed by atoms with van der Waals surface area (Å²) in [4.78, 5) is 20.6. The number of aromatic nitrogens is 2. The predicted octanol–water partition coefficient (Wildman–Crippen LogP) is 2.75. The van der Waals surface area contributed by atoms with Crippen molar-refractivity contribution in [2.75, 3.05) is 26.7 Å². The molecule has 3 N–H and O–H groups in total. The number of amides is 1. The number of unbranched alkanes of at least 4 members (excludes halogenated alkanes) is 1. The first-order chi connectivity index (χ1) is 13.6. The van der Waals surface area contributed by atoms with E-state index in [1.807, 2.05) is 43.6 Å². The average molecular weight is 512 g/mol. The lowest BCUT2D eigenvalue weighted by Crippen LogP contribution is -2.38. The van der Waals surface area contributed by atoms with E-state index in [9.17, 15) is 4.79 Å². The van der Waals surface area contributed by atoms with Crippen LogP contribution in [-0.2, 0) is 13.0 Å². The van der Waals surface area contributed by atoms with Crippen LogP contribution in [-0.4, -0.2) is 48.1 Å². The molecular weight excluding hydrogens is 479 g/mol. The fraction of sp³-hybridized carbons (Fsp3) is 0.476. The normalized spacial score (nSPS) is 10.9. The molecule has 1 aromatic carbocycles. The van der Waals surface area contributed by atoms with Crippen molar-refractivity contribution in [1.82, 2.24) is 25.5 Å². The van der Waals surface area contributed by atoms with Crippen molar-refractivity contribution in [2.24, 2.45) is 4.99 Å². The zero-order valence-electron chi connectivity index (χ0n) is 17.6. The van der Waals surface area contributed by atoms with Gasteiger partial charge in [0.15, 0.2) is 5.96 Å². The molecule has 0 aliphatic carbocycles. The van der Waals surface area contributed by atoms with Gasteiger partial charge in [-0.1, -0.05) is 12.1 Å². The Bertz CT molecular complexity index is 774. The van der Waals surface area contributed by atoms with E-state index in [2.05, 4.69) is 37.4 Å². The van der Waals surface area contributed by atoms with Gasteiger partial charge in [0.05, 0.1) is 0 Å². The number of aryl methyl sites for hydroxylation is 2. The van der Waals surface area contributed by atoms with Gasteiger partial charge in [-0.15, -0.1) is 24.0 Å². The molecule has 0 unspecified atom stereocenters. The molecule has 0 saturated carbocycles. The second kappa shape index (κ2) is 14.0. The fourth-order valence-electron chi connectivity index (χ4n) is 2.90. The van der Waals surface area contributed by atoms with E-state index in [4.69, 9.17) is 0 Å². The van der Waals surface area contributed by atoms with E-state index in [0.29, 0.717) is 5.56 Å². The summed E-state index contributed by atoms with van der Waals surface area (Å²) in [5.41, 5.74) is 1.81. The molecule has 0 saturated heterocycles. The van der Waals surface area contributed by atoms with Gasteiger partial charge in [0, 0.05) is 51.2 Å². The zero-order valence-corrected chi connectivity index (χ0v) is 19.9. The lowest BCUT2D eigenvalue weighted by molar-refractivity contribution is 0.0963. The van der Waals surface area contributed by atoms with Crippen LogP contribution >= 0.6 is 24.0 Å². The van der Waals surface area contributed by atoms with Crippen molar-refractivity contribution in [3.8, 4) is 0 Å². The molecule has 0 radical (unpaired) electrons. The molecule has 7 nitrogen and oxygen atoms in total. The minimum Gasteiger partial charge on any atom is -0.357 e. The molecule has 0 atom stereocenters. The maximum absolute atomic E-state index is 11.7. The highest BCUT2D eigenvalue weighted by Gasteiger charge is 2.04. The number of carbonyl (C=O) groups is 1. The standard InChI is InChI=1S/C21H32N6O.HI/c1-4-23-21(25-11-5-6-14-27-15-13-24-17(27)2)26-12-10-18-8-7-9-19(16-18)20(28)22-3;/h7-9,13,15-16H,4-6,10-12,14H2,1-3H3,(H,22,28)(H2,23,25,26);1H. The van der Waals surface area contributed by atoms with E-state index >= 15 is 0 Å². The van der Waals surface area contributed by atoms with Crippen molar-refractivity contribution in [2.45, 2.75) is 39.7 Å². The topological polar surface area (TPSA) is 83.3 Å². The molecule has 0 aliphatic heterocycles. The third-order valence-corrected chi connectivity index (χ3v) is 4.47. The Morgan fingerprint density at radius 1 is 1.24 bits per heavy atom. The monoisotopic (exact) mass is 512 g/mol. The molecule has 160 valence electrons. The molecule has 0 spiro atoms. The third kappa shape index (κ3) is 8.84. The molecule has 1 amide bonds. The van der Waals surface area contributed by atoms with Gasteiger partial charge < -0.3 is 20.5 Å². The van der Waals surface area contributed by atoms with Gasteiger partial charge >= 0.3 is 0 Å². The van der Waals surface area contributed by atoms with Crippen molar-refractivity contribution >= 4 is 35.8 Å². The van der Waals surface area contributed by atoms with Crippen molar-refractivity contribution < 1.29 is 4.79 Å². The number of halogens is 1. The molecule has 2 aromatic rings. The fourth-order valence-corrected chi connectivity index (χ4v) is 2.90. The van der Waals surface area contributed by atoms with Crippen LogP contribution < -0.4 is 16.0 Å². The largest absolute Gasteiger partial charge is 0.357 e. The van der Waals surface area contributed by atoms with Crippen LogP contribution in [0.3, 0.4) is 0 Å². The minimum atomic E-state index is -0.0596. The first-order valence-electron chi connectivity index (χ1n) is 9.95. The molecule has 1 aromatic heterocycles. The average Bonchev–Trinajstić information content (AvgIpc) is 3.12. The molecule has 0 fully saturated rings. The number of hydrogen-bond acceptors (Lipinski definition) is 3. The SMILES string of the molecule is CCNC(=NCCCCn1ccnc1C)NCCc1cccc(C(=O)NC)c1.I. The maximum atomic E-state index is 11.7. The maximum Gasteiger partial charge on any atom is 0.251 e. The number of carbonyl (C=O) groups excluding carboxylic acids is 1. The van der Waals surface area contributed by atoms with Crippen molar-refractivity contribution in [3.63, 3.8) is 0 Å². The van der Waals surface area contributed by atoms with Crippen LogP contribution in [0.2, 0.25) is 0 Å². The van der Waals surface area contributed by atoms with Crippen LogP contribution in [0.4, 0.5) is 0 Å². The number of benzene rings is 1. The van der Waals surface area contributed by atoms with Gasteiger partial charge in [-0.3, -0.25) is 9.79 Å². The predicted molar refractivity (Wildman–Crippen MR) is 129 cm³/mol. The highest BCUT2D eigenvalue weighted by molar-refractivity contribution is 14.0. The number of aliphatic imine (C=N–C) groups is 1. The Morgan fingerprint density at radius 2 is 2.07 bits per heavy atom. The Morgan fingerprint density at radius 3 is 2.76 bits per heavy atom. The number of rotatable bonds is 10. The quantitative estimate of drug-likeness (QED) is 0.198. The molecule has 0 bridgehead atoms. The second-order valence-corrected chi connectivity index (χ2v) is 6.59. The Labute approximate surface area is 190 Å². The van der Waals surface area contributed by atoms with Crippen LogP contribution in [0.1, 0.15) is 41.5 Å². The third-order valence-electron chi connectivity index (χ3n) is 4.47. The van der Waals surface area contributed by atoms with Gasteiger partial charge in [-0.2, -0.15) is 0 Å². The molecule has 8 heteroatoms. The number of hydrogen-bond donors (Lipinski definition) is 3. The Hall–Kier alpha value is -2.10. The molecule has 2 rings (SSSR count). The minimum absolute atomic E-state index is 0. The summed E-state index contributed by atoms with van der Waals surface area (Å²) < 4.78 is 2.17. The highest BCUT2D eigenvalue weighted by Crippen LogP contribution is 2.06. The number of imidazole rings is 1. The van der Waals surface area contributed by atoms with E-state index in [0.717, 1.165) is 62.8 Å². The summed E-state index contributed by atoms with van der Waals surface area (Å²) >= 11 is 0. The smallest absolute Gasteiger partial charge is 0.251 e. The summed E-state index contributed by atoms with van der Waals surface area (Å²) in [6, 6.07) is 7.71. The molecular formula is C21H33IN6O. The van der Waals surface area contributed by atoms with E-state index in [1.54, 1.807) is 7.05 Å². The lowest BCUT2D eigenvalue weighted by Gasteiger charge is -2.12. The zero-order chi connectivity index (χ0) is 20.2. The molecule has 1 heterocycles. The number of nitrogens with one attached hydrogen (secondary N) is 3. The number of guanidine groups is 1. The van der Waals surface area contributed by atoms with Gasteiger partial charge in [-0.25, -0.2) is 4.98 Å². The van der Waals surface area contributed by atoms with Gasteiger partial charge in [0.1, 0.15) is 5.82 Å². The summed E-state index contributed by atoms with van der Waals surface area (Å²) in [5.74, 6) is 1.83. The summed E-state index contributed by atoms with van der Waals surface area (Å²) in [6.07, 6.45) is 6.79. The first-order valence-corrected chi connectivity index (χ1v) is 9.95. The summed E-state index contributed by atoms with van der Waals surface area (Å²) in [5, 5.41) is 9.31. The van der Waals surface area contributed by atoms with E-state index in [1.165, 1.54) is 0 Å². The van der Waals surface area contributed by atoms with Crippen LogP contribution in [0.15, 0.2) is 41.7 Å². The first kappa shape index (κ1) is 24.9. The van der Waals surface area contributed by atoms with Gasteiger partial charge in [0.25, 0.3) is 5.91 Å². The Balaban J connectivity index is 0.00000420. The van der Waals surface area contributed by atoms with Crippen LogP contribution in [0.25, 0.3) is 0 Å². The molecule has 29 heavy (non-hydrogen) atoms. The van der Waals surface area contributed by atoms with Gasteiger partial charge in [0.2, 0.25) is 0 Å². The molecule has 0 aliphatic rings. The van der Waals surface area contributed by atoms with E-state index in [-0.39, 0.29) is 29.9 Å². The van der Waals surface area contributed by atoms with E-state index < -0.39 is 0 Å². The van der Waals surface area contributed by atoms with Crippen molar-refractivity contribution in [1.29, 1.82) is 0 Å². The van der Waals surface area contributed by atoms with Crippen LogP contribution in [0.5, 0.6) is 0 Å². The lowest BCUT2D eigenvalue weighted by atomic mass is 10.1. The summed E-state index contributed by atoms with van der Waals surface area (Å²) in [6.45, 7) is 7.44. The van der Waals surface area contributed by atoms with Gasteiger partial charge in [-0.05, 0) is 50.8 Å². The second-order valence-electron chi connectivity index (χ2n) is 6.59.